The van der Waals surface area contributed by atoms with Gasteiger partial charge in [0.15, 0.2) is 0 Å². The van der Waals surface area contributed by atoms with Crippen LogP contribution in [0, 0.1) is 0 Å². The first-order valence-electron chi connectivity index (χ1n) is 16.0. The van der Waals surface area contributed by atoms with Gasteiger partial charge in [-0.05, 0) is 89.8 Å². The summed E-state index contributed by atoms with van der Waals surface area (Å²) in [5, 5.41) is 4.63. The average Bonchev–Trinajstić information content (AvgIpc) is 3.48. The van der Waals surface area contributed by atoms with Gasteiger partial charge in [-0.2, -0.15) is 0 Å². The fourth-order valence-electron chi connectivity index (χ4n) is 7.29. The molecule has 1 aliphatic heterocycles. The molecule has 5 aromatic heterocycles. The Bertz CT molecular complexity index is 2650. The lowest BCUT2D eigenvalue weighted by Crippen LogP contribution is -2.16. The lowest BCUT2D eigenvalue weighted by Gasteiger charge is -2.33. The van der Waals surface area contributed by atoms with E-state index in [9.17, 15) is 0 Å². The van der Waals surface area contributed by atoms with Crippen LogP contribution in [0.15, 0.2) is 158 Å². The van der Waals surface area contributed by atoms with E-state index in [1.807, 2.05) is 73.3 Å². The summed E-state index contributed by atoms with van der Waals surface area (Å²) >= 11 is 0. The zero-order chi connectivity index (χ0) is 31.6. The SMILES string of the molecule is c1ccc(-c2ccc3c(c2)c2cc4c(cc2n3-c2ccccn2)N(c2ccccn2)c2ccc(-c3ccccn3)c3cccc-4c23)nc1. The summed E-state index contributed by atoms with van der Waals surface area (Å²) in [5.41, 5.74) is 10.7. The maximum absolute atomic E-state index is 4.88. The summed E-state index contributed by atoms with van der Waals surface area (Å²) in [7, 11) is 0. The Kier molecular flexibility index (Phi) is 5.77. The summed E-state index contributed by atoms with van der Waals surface area (Å²) in [6.07, 6.45) is 7.41. The number of hydrogen-bond acceptors (Lipinski definition) is 5. The largest absolute Gasteiger partial charge is 0.294 e. The van der Waals surface area contributed by atoms with E-state index in [4.69, 9.17) is 15.0 Å². The molecule has 0 radical (unpaired) electrons. The maximum atomic E-state index is 4.88. The van der Waals surface area contributed by atoms with Crippen molar-refractivity contribution in [2.75, 3.05) is 4.90 Å². The minimum absolute atomic E-state index is 0.859. The van der Waals surface area contributed by atoms with Crippen molar-refractivity contribution in [3.05, 3.63) is 158 Å². The number of nitrogens with zero attached hydrogens (tertiary/aromatic N) is 6. The molecule has 4 aromatic carbocycles. The summed E-state index contributed by atoms with van der Waals surface area (Å²) < 4.78 is 2.27. The van der Waals surface area contributed by atoms with E-state index in [0.717, 1.165) is 78.3 Å². The Morgan fingerprint density at radius 3 is 1.83 bits per heavy atom. The van der Waals surface area contributed by atoms with E-state index < -0.39 is 0 Å². The van der Waals surface area contributed by atoms with Crippen molar-refractivity contribution in [2.45, 2.75) is 0 Å². The molecule has 0 amide bonds. The highest BCUT2D eigenvalue weighted by Crippen LogP contribution is 2.53. The molecule has 224 valence electrons. The molecule has 1 aliphatic rings. The molecule has 0 N–H and O–H groups in total. The molecule has 0 aliphatic carbocycles. The van der Waals surface area contributed by atoms with Gasteiger partial charge in [-0.3, -0.25) is 19.4 Å². The minimum Gasteiger partial charge on any atom is -0.294 e. The summed E-state index contributed by atoms with van der Waals surface area (Å²) in [6, 6.07) is 46.5. The average molecular weight is 615 g/mol. The summed E-state index contributed by atoms with van der Waals surface area (Å²) in [6.45, 7) is 0. The number of pyridine rings is 4. The molecule has 9 aromatic rings. The minimum atomic E-state index is 0.859. The van der Waals surface area contributed by atoms with Gasteiger partial charge in [0, 0.05) is 57.6 Å². The number of fused-ring (bicyclic) bond motifs is 5. The van der Waals surface area contributed by atoms with Crippen molar-refractivity contribution in [1.29, 1.82) is 0 Å². The van der Waals surface area contributed by atoms with Crippen LogP contribution in [0.1, 0.15) is 0 Å². The van der Waals surface area contributed by atoms with Crippen molar-refractivity contribution in [3.8, 4) is 39.5 Å². The van der Waals surface area contributed by atoms with Crippen LogP contribution in [-0.4, -0.2) is 24.5 Å². The Morgan fingerprint density at radius 1 is 0.396 bits per heavy atom. The Balaban J connectivity index is 1.33. The fourth-order valence-corrected chi connectivity index (χ4v) is 7.29. The van der Waals surface area contributed by atoms with Crippen LogP contribution in [0.5, 0.6) is 0 Å². The molecule has 0 saturated carbocycles. The van der Waals surface area contributed by atoms with Crippen LogP contribution >= 0.6 is 0 Å². The van der Waals surface area contributed by atoms with Crippen LogP contribution in [0.25, 0.3) is 72.0 Å². The predicted molar refractivity (Wildman–Crippen MR) is 194 cm³/mol. The number of aromatic nitrogens is 5. The van der Waals surface area contributed by atoms with E-state index >= 15 is 0 Å². The highest BCUT2D eigenvalue weighted by Gasteiger charge is 2.29. The fraction of sp³-hybridized carbons (Fsp3) is 0. The predicted octanol–water partition coefficient (Wildman–Crippen LogP) is 10.3. The summed E-state index contributed by atoms with van der Waals surface area (Å²) in [5.74, 6) is 1.73. The third-order valence-electron chi connectivity index (χ3n) is 9.33. The quantitative estimate of drug-likeness (QED) is 0.197. The first kappa shape index (κ1) is 26.5. The van der Waals surface area contributed by atoms with E-state index in [1.165, 1.54) is 10.9 Å². The van der Waals surface area contributed by atoms with Gasteiger partial charge in [0.2, 0.25) is 0 Å². The Hall–Kier alpha value is -6.66. The van der Waals surface area contributed by atoms with E-state index in [1.54, 1.807) is 0 Å². The number of benzene rings is 4. The van der Waals surface area contributed by atoms with Gasteiger partial charge in [0.1, 0.15) is 11.6 Å². The van der Waals surface area contributed by atoms with Crippen LogP contribution in [0.3, 0.4) is 0 Å². The molecule has 6 heterocycles. The van der Waals surface area contributed by atoms with Gasteiger partial charge in [0.25, 0.3) is 0 Å². The van der Waals surface area contributed by atoms with Crippen LogP contribution in [-0.2, 0) is 0 Å². The second kappa shape index (κ2) is 10.4. The Labute approximate surface area is 276 Å². The molecule has 0 bridgehead atoms. The second-order valence-corrected chi connectivity index (χ2v) is 12.0. The smallest absolute Gasteiger partial charge is 0.137 e. The number of hydrogen-bond donors (Lipinski definition) is 0. The standard InChI is InChI=1S/C42H26N6/c1-5-20-43-34(12-1)27-16-18-36-31(24-27)33-25-32-30-11-9-10-29-28(35-13-2-6-21-44-35)17-19-37(42(29)30)48(41-15-4-8-23-46-41)38(32)26-39(33)47(36)40-14-3-7-22-45-40/h1-26H. The molecule has 10 rings (SSSR count). The lowest BCUT2D eigenvalue weighted by molar-refractivity contribution is 1.08. The second-order valence-electron chi connectivity index (χ2n) is 12.0. The van der Waals surface area contributed by atoms with Gasteiger partial charge in [-0.15, -0.1) is 0 Å². The summed E-state index contributed by atoms with van der Waals surface area (Å²) in [4.78, 5) is 21.4. The molecule has 6 nitrogen and oxygen atoms in total. The molecule has 48 heavy (non-hydrogen) atoms. The Morgan fingerprint density at radius 2 is 1.10 bits per heavy atom. The van der Waals surface area contributed by atoms with Gasteiger partial charge >= 0.3 is 0 Å². The first-order chi connectivity index (χ1) is 23.8. The topological polar surface area (TPSA) is 59.7 Å². The molecule has 0 atom stereocenters. The highest BCUT2D eigenvalue weighted by atomic mass is 15.2. The van der Waals surface area contributed by atoms with Crippen molar-refractivity contribution in [2.24, 2.45) is 0 Å². The normalized spacial score (nSPS) is 12.1. The van der Waals surface area contributed by atoms with Crippen molar-refractivity contribution < 1.29 is 0 Å². The van der Waals surface area contributed by atoms with Gasteiger partial charge < -0.3 is 0 Å². The van der Waals surface area contributed by atoms with Gasteiger partial charge in [-0.1, -0.05) is 54.6 Å². The van der Waals surface area contributed by atoms with E-state index in [-0.39, 0.29) is 0 Å². The highest BCUT2D eigenvalue weighted by molar-refractivity contribution is 6.20. The molecule has 0 spiro atoms. The van der Waals surface area contributed by atoms with Crippen molar-refractivity contribution in [1.82, 2.24) is 24.5 Å². The first-order valence-corrected chi connectivity index (χ1v) is 16.0. The van der Waals surface area contributed by atoms with Crippen LogP contribution < -0.4 is 4.90 Å². The lowest BCUT2D eigenvalue weighted by atomic mass is 9.88. The van der Waals surface area contributed by atoms with Crippen LogP contribution in [0.2, 0.25) is 0 Å². The van der Waals surface area contributed by atoms with E-state index in [2.05, 4.69) is 99.4 Å². The zero-order valence-corrected chi connectivity index (χ0v) is 25.7. The molecule has 0 unspecified atom stereocenters. The monoisotopic (exact) mass is 614 g/mol. The third-order valence-corrected chi connectivity index (χ3v) is 9.33. The maximum Gasteiger partial charge on any atom is 0.137 e. The van der Waals surface area contributed by atoms with Crippen molar-refractivity contribution in [3.63, 3.8) is 0 Å². The molecule has 6 heteroatoms. The zero-order valence-electron chi connectivity index (χ0n) is 25.7. The number of rotatable bonds is 4. The number of anilines is 3. The van der Waals surface area contributed by atoms with Gasteiger partial charge in [-0.25, -0.2) is 9.97 Å². The molecular formula is C42H26N6. The van der Waals surface area contributed by atoms with Gasteiger partial charge in [0.05, 0.1) is 33.8 Å². The third kappa shape index (κ3) is 3.93. The van der Waals surface area contributed by atoms with E-state index in [0.29, 0.717) is 0 Å². The van der Waals surface area contributed by atoms with Crippen molar-refractivity contribution >= 4 is 49.8 Å². The van der Waals surface area contributed by atoms with Crippen LogP contribution in [0.4, 0.5) is 17.2 Å². The molecule has 0 saturated heterocycles. The molecule has 0 fully saturated rings. The molecular weight excluding hydrogens is 589 g/mol.